The summed E-state index contributed by atoms with van der Waals surface area (Å²) in [6.07, 6.45) is 0.448. The number of carbonyl (C=O) groups excluding carboxylic acids is 8. The number of imide groups is 1. The van der Waals surface area contributed by atoms with Crippen molar-refractivity contribution in [2.45, 2.75) is 151 Å². The highest BCUT2D eigenvalue weighted by molar-refractivity contribution is 14.1. The van der Waals surface area contributed by atoms with Gasteiger partial charge in [0.25, 0.3) is 5.56 Å². The topological polar surface area (TPSA) is 331 Å². The van der Waals surface area contributed by atoms with Gasteiger partial charge in [0.2, 0.25) is 35.4 Å². The number of pyridine rings is 2. The van der Waals surface area contributed by atoms with Gasteiger partial charge in [-0.15, -0.1) is 0 Å². The lowest BCUT2D eigenvalue weighted by atomic mass is 9.86. The number of aromatic nitrogens is 2. The molecule has 0 saturated carbocycles. The first-order valence-electron chi connectivity index (χ1n) is 27.2. The predicted molar refractivity (Wildman–Crippen MR) is 315 cm³/mol. The third-order valence-corrected chi connectivity index (χ3v) is 21.4. The Bertz CT molecular complexity index is 3510. The van der Waals surface area contributed by atoms with Crippen molar-refractivity contribution in [3.63, 3.8) is 0 Å². The summed E-state index contributed by atoms with van der Waals surface area (Å²) in [7, 11) is -2.00. The molecule has 452 valence electrons. The van der Waals surface area contributed by atoms with Crippen molar-refractivity contribution in [3.05, 3.63) is 86.2 Å². The molecule has 2 aromatic heterocycles. The Morgan fingerprint density at radius 1 is 0.940 bits per heavy atom. The van der Waals surface area contributed by atoms with Gasteiger partial charge in [0, 0.05) is 63.9 Å². The highest BCUT2D eigenvalue weighted by atomic mass is 127. The predicted octanol–water partition coefficient (Wildman–Crippen LogP) is 4.95. The number of aromatic hydroxyl groups is 1. The fraction of sp³-hybridized carbons (Fsp3) is 0.456. The van der Waals surface area contributed by atoms with E-state index in [0.29, 0.717) is 5.56 Å². The fourth-order valence-electron chi connectivity index (χ4n) is 10.1. The molecule has 0 spiro atoms. The van der Waals surface area contributed by atoms with Gasteiger partial charge in [0.1, 0.15) is 31.3 Å². The molecule has 3 aliphatic heterocycles. The number of aliphatic carboxylic acids is 1. The number of aliphatic hydroxyl groups is 1. The number of rotatable bonds is 25. The number of hydrogen-bond acceptors (Lipinski definition) is 15. The molecule has 1 fully saturated rings. The monoisotopic (exact) mass is 1300 g/mol. The lowest BCUT2D eigenvalue weighted by molar-refractivity contribution is -0.172. The lowest BCUT2D eigenvalue weighted by Gasteiger charge is -2.31. The van der Waals surface area contributed by atoms with Gasteiger partial charge in [-0.2, -0.15) is 9.21 Å². The summed E-state index contributed by atoms with van der Waals surface area (Å²) in [5, 5.41) is 42.7. The Kier molecular flexibility index (Phi) is 20.3. The first kappa shape index (κ1) is 64.0. The van der Waals surface area contributed by atoms with E-state index < -0.39 is 134 Å². The number of esters is 1. The van der Waals surface area contributed by atoms with E-state index in [0.717, 1.165) is 30.2 Å². The maximum absolute atomic E-state index is 15.8. The van der Waals surface area contributed by atoms with Crippen LogP contribution in [-0.4, -0.2) is 128 Å². The maximum Gasteiger partial charge on any atom is 0.407 e. The van der Waals surface area contributed by atoms with Crippen molar-refractivity contribution in [2.75, 3.05) is 11.9 Å². The highest BCUT2D eigenvalue weighted by Gasteiger charge is 2.46. The van der Waals surface area contributed by atoms with E-state index in [4.69, 9.17) is 9.47 Å². The normalized spacial score (nSPS) is 17.8. The Balaban J connectivity index is 0.943. The molecule has 7 rings (SSSR count). The first-order valence-corrected chi connectivity index (χ1v) is 30.5. The van der Waals surface area contributed by atoms with Gasteiger partial charge in [-0.05, 0) is 67.9 Å². The number of nitrogens with one attached hydrogen (secondary N) is 5. The number of carboxylic acids is 1. The molecule has 5 heterocycles. The molecule has 0 bridgehead atoms. The van der Waals surface area contributed by atoms with E-state index in [-0.39, 0.29) is 111 Å². The number of alkyl carbamates (subject to hydrolysis) is 1. The molecule has 84 heavy (non-hydrogen) atoms. The average molecular weight is 1300 g/mol. The number of amides is 7. The van der Waals surface area contributed by atoms with Gasteiger partial charge in [-0.1, -0.05) is 87.0 Å². The Labute approximate surface area is 495 Å². The summed E-state index contributed by atoms with van der Waals surface area (Å²) in [5.41, 5.74) is -2.08. The van der Waals surface area contributed by atoms with Crippen molar-refractivity contribution < 1.29 is 76.7 Å². The molecule has 7 amide bonds. The number of fused-ring (bicyclic) bond motifs is 5. The smallest absolute Gasteiger partial charge is 0.407 e. The molecule has 3 aliphatic rings. The number of hydrogen-bond donors (Lipinski definition) is 8. The molecular weight excluding hydrogens is 1230 g/mol. The highest BCUT2D eigenvalue weighted by Crippen LogP contribution is 2.45. The third-order valence-electron chi connectivity index (χ3n) is 15.0. The lowest BCUT2D eigenvalue weighted by Crippen LogP contribution is -2.55. The molecule has 0 aliphatic carbocycles. The molecule has 23 nitrogen and oxygen atoms in total. The SMILES string of the molecule is C=S(=C)(C(I)CCCC)C1CC(=O)N(CCC(=O)N[C@H](CC(C)C)C(=O)N[C@@H](C)C(=O)N[C@@H](CCC(=O)O)C(=O)Nc2ccc(COC(=O)NCc3c4c(nc5cc(F)c(O)c(F)c35)-c3cc5c(c(=O)n3C4)COC(=O)[C@]5(O)CC)cc2)C1=O. The molecule has 0 radical (unpaired) electrons. The van der Waals surface area contributed by atoms with Crippen molar-refractivity contribution in [3.8, 4) is 17.1 Å². The van der Waals surface area contributed by atoms with Crippen LogP contribution in [0.15, 0.2) is 41.2 Å². The quantitative estimate of drug-likeness (QED) is 0.0126. The molecule has 2 unspecified atom stereocenters. The van der Waals surface area contributed by atoms with E-state index in [1.54, 1.807) is 0 Å². The Morgan fingerprint density at radius 3 is 2.30 bits per heavy atom. The number of ether oxygens (including phenoxy) is 2. The van der Waals surface area contributed by atoms with Crippen LogP contribution >= 0.6 is 31.8 Å². The zero-order valence-electron chi connectivity index (χ0n) is 46.9. The minimum atomic E-state index is -2.16. The van der Waals surface area contributed by atoms with Crippen LogP contribution in [0.5, 0.6) is 5.75 Å². The van der Waals surface area contributed by atoms with Gasteiger partial charge < -0.3 is 55.9 Å². The standard InChI is InChI=1S/C57H67F2IN8O15S/c1-8-10-11-42(60)84(6,7)41-23-44(70)67(54(41)78)19-18-43(69)64-39(20-28(3)4)52(76)62-29(5)50(74)66-37(16-17-45(71)72)51(75)63-31-14-12-30(13-15-31)26-83-56(80)61-24-32-33-25-68-40(48(33)65-38-22-36(58)49(73)47(59)46(32)38)21-35-34(53(68)77)27-82-55(79)57(35,81)9-2/h12-15,21-22,28-29,37,39,41-42,73,81H,6-11,16-20,23-27H2,1-5H3,(H,61,80)(H,62,76)(H,63,75)(H,64,69)(H,66,74)(H,71,72)/t29-,37-,39+,41?,42?,57-/m0/s1. The van der Waals surface area contributed by atoms with Crippen LogP contribution in [0.1, 0.15) is 120 Å². The number of carbonyl (C=O) groups is 9. The molecule has 6 atom stereocenters. The number of likely N-dealkylation sites (tertiary alicyclic amines) is 1. The van der Waals surface area contributed by atoms with Crippen LogP contribution in [0.25, 0.3) is 22.3 Å². The van der Waals surface area contributed by atoms with E-state index in [1.807, 2.05) is 13.8 Å². The van der Waals surface area contributed by atoms with Crippen LogP contribution in [0.3, 0.4) is 0 Å². The average Bonchev–Trinajstić information content (AvgIpc) is 1.86. The largest absolute Gasteiger partial charge is 0.503 e. The van der Waals surface area contributed by atoms with E-state index >= 15 is 4.39 Å². The summed E-state index contributed by atoms with van der Waals surface area (Å²) < 4.78 is 42.3. The third kappa shape index (κ3) is 13.8. The zero-order chi connectivity index (χ0) is 61.7. The van der Waals surface area contributed by atoms with Crippen molar-refractivity contribution >= 4 is 114 Å². The number of anilines is 1. The van der Waals surface area contributed by atoms with Crippen LogP contribution in [-0.2, 0) is 79.7 Å². The molecule has 27 heteroatoms. The first-order chi connectivity index (χ1) is 39.6. The number of phenolic OH excluding ortho intramolecular Hbond substituents is 1. The number of nitrogens with zero attached hydrogens (tertiary/aromatic N) is 3. The number of unbranched alkanes of at least 4 members (excludes halogenated alkanes) is 1. The summed E-state index contributed by atoms with van der Waals surface area (Å²) in [4.78, 5) is 137. The van der Waals surface area contributed by atoms with Crippen molar-refractivity contribution in [1.82, 2.24) is 35.7 Å². The number of alkyl halides is 1. The number of carboxylic acid groups (broad SMARTS) is 1. The number of phenols is 1. The summed E-state index contributed by atoms with van der Waals surface area (Å²) in [6, 6.07) is 4.15. The summed E-state index contributed by atoms with van der Waals surface area (Å²) in [5.74, 6) is -1.70. The van der Waals surface area contributed by atoms with Gasteiger partial charge in [-0.25, -0.2) is 23.4 Å². The molecule has 4 aromatic rings. The Morgan fingerprint density at radius 2 is 1.64 bits per heavy atom. The number of halogens is 3. The molecule has 2 aromatic carbocycles. The fourth-order valence-corrected chi connectivity index (χ4v) is 13.6. The van der Waals surface area contributed by atoms with Gasteiger partial charge in [0.05, 0.1) is 34.3 Å². The summed E-state index contributed by atoms with van der Waals surface area (Å²) >= 11 is 2.25. The second-order valence-electron chi connectivity index (χ2n) is 21.4. The second-order valence-corrected chi connectivity index (χ2v) is 26.9. The van der Waals surface area contributed by atoms with Crippen molar-refractivity contribution in [2.24, 2.45) is 5.92 Å². The van der Waals surface area contributed by atoms with Crippen LogP contribution < -0.4 is 32.1 Å². The molecule has 8 N–H and O–H groups in total. The minimum absolute atomic E-state index is 0.00379. The summed E-state index contributed by atoms with van der Waals surface area (Å²) in [6.45, 7) is 6.83. The van der Waals surface area contributed by atoms with Crippen LogP contribution in [0, 0.1) is 17.6 Å². The van der Waals surface area contributed by atoms with E-state index in [1.165, 1.54) is 48.7 Å². The van der Waals surface area contributed by atoms with Gasteiger partial charge in [-0.3, -0.25) is 43.3 Å². The number of benzene rings is 2. The number of cyclic esters (lactones) is 1. The van der Waals surface area contributed by atoms with Crippen LogP contribution in [0.4, 0.5) is 19.3 Å². The van der Waals surface area contributed by atoms with Gasteiger partial charge in [0.15, 0.2) is 23.0 Å². The second kappa shape index (κ2) is 26.6. The van der Waals surface area contributed by atoms with Crippen molar-refractivity contribution in [1.29, 1.82) is 0 Å². The molecular formula is C57H67F2IN8O15S. The molecule has 1 saturated heterocycles. The Hall–Kier alpha value is -7.53. The van der Waals surface area contributed by atoms with E-state index in [2.05, 4.69) is 72.8 Å². The minimum Gasteiger partial charge on any atom is -0.503 e. The van der Waals surface area contributed by atoms with Crippen LogP contribution in [0.2, 0.25) is 0 Å². The van der Waals surface area contributed by atoms with E-state index in [9.17, 15) is 67.7 Å². The zero-order valence-corrected chi connectivity index (χ0v) is 49.8. The van der Waals surface area contributed by atoms with Gasteiger partial charge >= 0.3 is 18.0 Å². The maximum atomic E-state index is 15.8.